The SMILES string of the molecule is COC(=O)CCn1c(=O)c2cc(Br)cnc2n(C)c1=O. The summed E-state index contributed by atoms with van der Waals surface area (Å²) in [5.74, 6) is -0.480. The van der Waals surface area contributed by atoms with Crippen molar-refractivity contribution in [2.75, 3.05) is 7.11 Å². The molecule has 0 aliphatic carbocycles. The van der Waals surface area contributed by atoms with Crippen molar-refractivity contribution in [3.63, 3.8) is 0 Å². The van der Waals surface area contributed by atoms with Gasteiger partial charge in [-0.3, -0.25) is 18.7 Å². The van der Waals surface area contributed by atoms with Crippen LogP contribution in [-0.4, -0.2) is 27.2 Å². The lowest BCUT2D eigenvalue weighted by molar-refractivity contribution is -0.140. The molecule has 2 aromatic heterocycles. The third kappa shape index (κ3) is 2.51. The van der Waals surface area contributed by atoms with Crippen LogP contribution in [0.4, 0.5) is 0 Å². The van der Waals surface area contributed by atoms with E-state index in [0.29, 0.717) is 15.5 Å². The predicted molar refractivity (Wildman–Crippen MR) is 75.6 cm³/mol. The van der Waals surface area contributed by atoms with Crippen molar-refractivity contribution in [1.82, 2.24) is 14.1 Å². The molecule has 8 heteroatoms. The van der Waals surface area contributed by atoms with E-state index in [1.165, 1.54) is 24.9 Å². The number of methoxy groups -OCH3 is 1. The topological polar surface area (TPSA) is 83.2 Å². The first-order valence-corrected chi connectivity index (χ1v) is 6.57. The third-order valence-electron chi connectivity index (χ3n) is 2.91. The molecule has 106 valence electrons. The van der Waals surface area contributed by atoms with Crippen LogP contribution in [-0.2, 0) is 23.1 Å². The van der Waals surface area contributed by atoms with Crippen LogP contribution in [0.15, 0.2) is 26.3 Å². The summed E-state index contributed by atoms with van der Waals surface area (Å²) >= 11 is 3.24. The lowest BCUT2D eigenvalue weighted by Crippen LogP contribution is -2.39. The number of pyridine rings is 1. The minimum atomic E-state index is -0.513. The van der Waals surface area contributed by atoms with Gasteiger partial charge in [0.25, 0.3) is 5.56 Å². The van der Waals surface area contributed by atoms with Crippen LogP contribution < -0.4 is 11.2 Å². The van der Waals surface area contributed by atoms with Gasteiger partial charge in [-0.15, -0.1) is 0 Å². The van der Waals surface area contributed by atoms with Gasteiger partial charge in [0.15, 0.2) is 0 Å². The first-order chi connectivity index (χ1) is 9.45. The van der Waals surface area contributed by atoms with Crippen LogP contribution in [0.1, 0.15) is 6.42 Å². The van der Waals surface area contributed by atoms with Crippen molar-refractivity contribution >= 4 is 32.9 Å². The van der Waals surface area contributed by atoms with E-state index in [0.717, 1.165) is 4.57 Å². The van der Waals surface area contributed by atoms with Gasteiger partial charge in [-0.2, -0.15) is 0 Å². The number of rotatable bonds is 3. The molecular formula is C12H12BrN3O4. The van der Waals surface area contributed by atoms with Crippen molar-refractivity contribution in [3.05, 3.63) is 37.6 Å². The molecule has 0 N–H and O–H groups in total. The summed E-state index contributed by atoms with van der Waals surface area (Å²) in [7, 11) is 2.78. The monoisotopic (exact) mass is 341 g/mol. The molecule has 0 saturated carbocycles. The molecule has 0 radical (unpaired) electrons. The van der Waals surface area contributed by atoms with Gasteiger partial charge >= 0.3 is 11.7 Å². The van der Waals surface area contributed by atoms with E-state index in [4.69, 9.17) is 0 Å². The lowest BCUT2D eigenvalue weighted by atomic mass is 10.3. The Balaban J connectivity index is 2.63. The van der Waals surface area contributed by atoms with Crippen molar-refractivity contribution in [2.24, 2.45) is 7.05 Å². The number of aromatic nitrogens is 3. The largest absolute Gasteiger partial charge is 0.469 e. The lowest BCUT2D eigenvalue weighted by Gasteiger charge is -2.09. The van der Waals surface area contributed by atoms with Gasteiger partial charge in [-0.1, -0.05) is 0 Å². The standard InChI is InChI=1S/C12H12BrN3O4/c1-15-10-8(5-7(13)6-14-10)11(18)16(12(15)19)4-3-9(17)20-2/h5-6H,3-4H2,1-2H3. The van der Waals surface area contributed by atoms with Crippen molar-refractivity contribution in [3.8, 4) is 0 Å². The Morgan fingerprint density at radius 1 is 1.45 bits per heavy atom. The molecule has 7 nitrogen and oxygen atoms in total. The molecule has 2 heterocycles. The Hall–Kier alpha value is -1.96. The van der Waals surface area contributed by atoms with Crippen LogP contribution >= 0.6 is 15.9 Å². The maximum absolute atomic E-state index is 12.3. The van der Waals surface area contributed by atoms with Crippen LogP contribution in [0, 0.1) is 0 Å². The molecule has 2 rings (SSSR count). The number of carbonyl (C=O) groups is 1. The summed E-state index contributed by atoms with van der Waals surface area (Å²) in [4.78, 5) is 39.6. The highest BCUT2D eigenvalue weighted by atomic mass is 79.9. The number of esters is 1. The maximum Gasteiger partial charge on any atom is 0.332 e. The van der Waals surface area contributed by atoms with Gasteiger partial charge < -0.3 is 4.74 Å². The van der Waals surface area contributed by atoms with E-state index in [2.05, 4.69) is 25.7 Å². The van der Waals surface area contributed by atoms with Crippen LogP contribution in [0.25, 0.3) is 11.0 Å². The summed E-state index contributed by atoms with van der Waals surface area (Å²) in [5.41, 5.74) is -0.681. The summed E-state index contributed by atoms with van der Waals surface area (Å²) in [6.07, 6.45) is 1.47. The fourth-order valence-electron chi connectivity index (χ4n) is 1.86. The Bertz CT molecular complexity index is 794. The third-order valence-corrected chi connectivity index (χ3v) is 3.35. The van der Waals surface area contributed by atoms with E-state index in [1.54, 1.807) is 6.07 Å². The van der Waals surface area contributed by atoms with Crippen molar-refractivity contribution in [1.29, 1.82) is 0 Å². The fraction of sp³-hybridized carbons (Fsp3) is 0.333. The van der Waals surface area contributed by atoms with Crippen molar-refractivity contribution in [2.45, 2.75) is 13.0 Å². The molecule has 0 bridgehead atoms. The summed E-state index contributed by atoms with van der Waals surface area (Å²) in [6, 6.07) is 1.60. The number of hydrogen-bond acceptors (Lipinski definition) is 5. The second-order valence-corrected chi connectivity index (χ2v) is 5.06. The van der Waals surface area contributed by atoms with E-state index in [1.807, 2.05) is 0 Å². The van der Waals surface area contributed by atoms with E-state index < -0.39 is 17.2 Å². The van der Waals surface area contributed by atoms with Gasteiger partial charge in [-0.05, 0) is 22.0 Å². The Kier molecular flexibility index (Phi) is 4.03. The Morgan fingerprint density at radius 3 is 2.80 bits per heavy atom. The Labute approximate surface area is 121 Å². The number of aryl methyl sites for hydroxylation is 1. The quantitative estimate of drug-likeness (QED) is 0.755. The second kappa shape index (κ2) is 5.58. The molecular weight excluding hydrogens is 330 g/mol. The molecule has 0 atom stereocenters. The summed E-state index contributed by atoms with van der Waals surface area (Å²) < 4.78 is 7.43. The van der Waals surface area contributed by atoms with Crippen LogP contribution in [0.5, 0.6) is 0 Å². The molecule has 0 saturated heterocycles. The average molecular weight is 342 g/mol. The van der Waals surface area contributed by atoms with E-state index >= 15 is 0 Å². The molecule has 20 heavy (non-hydrogen) atoms. The van der Waals surface area contributed by atoms with Crippen molar-refractivity contribution < 1.29 is 9.53 Å². The number of hydrogen-bond donors (Lipinski definition) is 0. The summed E-state index contributed by atoms with van der Waals surface area (Å²) in [6.45, 7) is -0.0271. The number of ether oxygens (including phenoxy) is 1. The fourth-order valence-corrected chi connectivity index (χ4v) is 2.19. The zero-order chi connectivity index (χ0) is 14.9. The Morgan fingerprint density at radius 2 is 2.15 bits per heavy atom. The zero-order valence-electron chi connectivity index (χ0n) is 10.9. The zero-order valence-corrected chi connectivity index (χ0v) is 12.5. The van der Waals surface area contributed by atoms with Gasteiger partial charge in [-0.25, -0.2) is 9.78 Å². The molecule has 0 spiro atoms. The smallest absolute Gasteiger partial charge is 0.332 e. The number of carbonyl (C=O) groups excluding carboxylic acids is 1. The minimum absolute atomic E-state index is 0.0271. The second-order valence-electron chi connectivity index (χ2n) is 4.15. The summed E-state index contributed by atoms with van der Waals surface area (Å²) in [5, 5.41) is 0.311. The van der Waals surface area contributed by atoms with E-state index in [-0.39, 0.29) is 13.0 Å². The van der Waals surface area contributed by atoms with Gasteiger partial charge in [0.05, 0.1) is 18.9 Å². The number of nitrogens with zero attached hydrogens (tertiary/aromatic N) is 3. The molecule has 0 amide bonds. The van der Waals surface area contributed by atoms with E-state index in [9.17, 15) is 14.4 Å². The normalized spacial score (nSPS) is 10.8. The maximum atomic E-state index is 12.3. The van der Waals surface area contributed by atoms with Crippen LogP contribution in [0.3, 0.4) is 0 Å². The highest BCUT2D eigenvalue weighted by Crippen LogP contribution is 2.12. The molecule has 0 fully saturated rings. The number of fused-ring (bicyclic) bond motifs is 1. The predicted octanol–water partition coefficient (Wildman–Crippen LogP) is 0.421. The minimum Gasteiger partial charge on any atom is -0.469 e. The molecule has 0 aromatic carbocycles. The highest BCUT2D eigenvalue weighted by molar-refractivity contribution is 9.10. The molecule has 2 aromatic rings. The highest BCUT2D eigenvalue weighted by Gasteiger charge is 2.13. The first-order valence-electron chi connectivity index (χ1n) is 5.77. The van der Waals surface area contributed by atoms with Gasteiger partial charge in [0.1, 0.15) is 5.65 Å². The number of halogens is 1. The van der Waals surface area contributed by atoms with Gasteiger partial charge in [0.2, 0.25) is 0 Å². The molecule has 0 unspecified atom stereocenters. The molecule has 0 aliphatic heterocycles. The van der Waals surface area contributed by atoms with Crippen LogP contribution in [0.2, 0.25) is 0 Å². The van der Waals surface area contributed by atoms with Gasteiger partial charge in [0, 0.05) is 24.3 Å². The first kappa shape index (κ1) is 14.4. The average Bonchev–Trinajstić information content (AvgIpc) is 2.44. The molecule has 0 aliphatic rings.